The summed E-state index contributed by atoms with van der Waals surface area (Å²) in [7, 11) is 1.75. The van der Waals surface area contributed by atoms with Crippen LogP contribution in [-0.2, 0) is 13.0 Å². The van der Waals surface area contributed by atoms with Crippen molar-refractivity contribution in [2.75, 3.05) is 13.6 Å². The van der Waals surface area contributed by atoms with Gasteiger partial charge in [0.2, 0.25) is 0 Å². The molecule has 1 aliphatic carbocycles. The van der Waals surface area contributed by atoms with Crippen molar-refractivity contribution in [1.82, 2.24) is 14.7 Å². The number of aromatic nitrogens is 2. The number of benzene rings is 1. The van der Waals surface area contributed by atoms with Crippen LogP contribution in [-0.4, -0.2) is 45.4 Å². The molecule has 0 spiro atoms. The average Bonchev–Trinajstić information content (AvgIpc) is 3.37. The van der Waals surface area contributed by atoms with E-state index in [1.54, 1.807) is 18.1 Å². The van der Waals surface area contributed by atoms with Gasteiger partial charge in [0.1, 0.15) is 0 Å². The molecule has 24 heavy (non-hydrogen) atoms. The molecule has 0 bridgehead atoms. The van der Waals surface area contributed by atoms with E-state index in [1.807, 2.05) is 29.8 Å². The Balaban J connectivity index is 1.74. The molecule has 3 rings (SSSR count). The van der Waals surface area contributed by atoms with Crippen LogP contribution in [0.4, 0.5) is 0 Å². The second-order valence-electron chi connectivity index (χ2n) is 6.59. The van der Waals surface area contributed by atoms with Crippen LogP contribution in [0.25, 0.3) is 0 Å². The first kappa shape index (κ1) is 16.7. The molecule has 1 fully saturated rings. The molecule has 5 heteroatoms. The molecule has 1 aromatic carbocycles. The standard InChI is InChI=1S/C19H25N3O2/c1-3-17-16(19(24)21(2)13-18(23)15-9-10-15)11-20-22(17)12-14-7-5-4-6-8-14/h4-8,11,15,18,23H,3,9-10,12-13H2,1-2H3. The zero-order chi connectivity index (χ0) is 17.1. The summed E-state index contributed by atoms with van der Waals surface area (Å²) in [6.45, 7) is 3.08. The highest BCUT2D eigenvalue weighted by Crippen LogP contribution is 2.32. The fourth-order valence-electron chi connectivity index (χ4n) is 3.05. The van der Waals surface area contributed by atoms with Crippen LogP contribution in [0.15, 0.2) is 36.5 Å². The summed E-state index contributed by atoms with van der Waals surface area (Å²) in [6, 6.07) is 10.1. The minimum Gasteiger partial charge on any atom is -0.391 e. The summed E-state index contributed by atoms with van der Waals surface area (Å²) in [6.07, 6.45) is 4.12. The summed E-state index contributed by atoms with van der Waals surface area (Å²) >= 11 is 0. The molecular formula is C19H25N3O2. The quantitative estimate of drug-likeness (QED) is 0.849. The van der Waals surface area contributed by atoms with Crippen molar-refractivity contribution < 1.29 is 9.90 Å². The molecule has 1 unspecified atom stereocenters. The molecule has 2 aromatic rings. The van der Waals surface area contributed by atoms with E-state index in [4.69, 9.17) is 0 Å². The van der Waals surface area contributed by atoms with Crippen molar-refractivity contribution in [3.8, 4) is 0 Å². The van der Waals surface area contributed by atoms with Crippen LogP contribution in [0.3, 0.4) is 0 Å². The first-order valence-electron chi connectivity index (χ1n) is 8.62. The van der Waals surface area contributed by atoms with Gasteiger partial charge in [0.05, 0.1) is 30.1 Å². The first-order valence-corrected chi connectivity index (χ1v) is 8.62. The number of aliphatic hydroxyl groups excluding tert-OH is 1. The number of likely N-dealkylation sites (N-methyl/N-ethyl adjacent to an activating group) is 1. The predicted molar refractivity (Wildman–Crippen MR) is 92.8 cm³/mol. The van der Waals surface area contributed by atoms with Crippen LogP contribution in [0.5, 0.6) is 0 Å². The molecule has 1 aliphatic rings. The molecule has 0 radical (unpaired) electrons. The number of aliphatic hydroxyl groups is 1. The second-order valence-corrected chi connectivity index (χ2v) is 6.59. The maximum absolute atomic E-state index is 12.7. The van der Waals surface area contributed by atoms with Gasteiger partial charge in [-0.3, -0.25) is 9.48 Å². The van der Waals surface area contributed by atoms with Crippen molar-refractivity contribution in [2.24, 2.45) is 5.92 Å². The van der Waals surface area contributed by atoms with Gasteiger partial charge in [0.15, 0.2) is 0 Å². The van der Waals surface area contributed by atoms with E-state index in [9.17, 15) is 9.90 Å². The molecular weight excluding hydrogens is 302 g/mol. The lowest BCUT2D eigenvalue weighted by Crippen LogP contribution is -2.35. The lowest BCUT2D eigenvalue weighted by Gasteiger charge is -2.21. The molecule has 0 aliphatic heterocycles. The lowest BCUT2D eigenvalue weighted by atomic mass is 10.1. The largest absolute Gasteiger partial charge is 0.391 e. The molecule has 1 heterocycles. The number of nitrogens with zero attached hydrogens (tertiary/aromatic N) is 3. The smallest absolute Gasteiger partial charge is 0.257 e. The Hall–Kier alpha value is -2.14. The number of carbonyl (C=O) groups is 1. The van der Waals surface area contributed by atoms with Gasteiger partial charge in [0, 0.05) is 13.6 Å². The van der Waals surface area contributed by atoms with Gasteiger partial charge in [-0.15, -0.1) is 0 Å². The van der Waals surface area contributed by atoms with Crippen molar-refractivity contribution in [3.05, 3.63) is 53.3 Å². The van der Waals surface area contributed by atoms with Crippen molar-refractivity contribution in [3.63, 3.8) is 0 Å². The van der Waals surface area contributed by atoms with Crippen LogP contribution in [0, 0.1) is 5.92 Å². The monoisotopic (exact) mass is 327 g/mol. The third-order valence-corrected chi connectivity index (χ3v) is 4.66. The zero-order valence-electron chi connectivity index (χ0n) is 14.4. The highest BCUT2D eigenvalue weighted by Gasteiger charge is 2.31. The number of hydrogen-bond acceptors (Lipinski definition) is 3. The van der Waals surface area contributed by atoms with E-state index in [0.717, 1.165) is 30.5 Å². The predicted octanol–water partition coefficient (Wildman–Crippen LogP) is 2.34. The van der Waals surface area contributed by atoms with Crippen molar-refractivity contribution >= 4 is 5.91 Å². The van der Waals surface area contributed by atoms with Gasteiger partial charge in [-0.05, 0) is 30.7 Å². The van der Waals surface area contributed by atoms with Gasteiger partial charge in [-0.1, -0.05) is 37.3 Å². The molecule has 1 aromatic heterocycles. The summed E-state index contributed by atoms with van der Waals surface area (Å²) in [4.78, 5) is 14.3. The van der Waals surface area contributed by atoms with Crippen molar-refractivity contribution in [2.45, 2.75) is 38.8 Å². The Morgan fingerprint density at radius 2 is 2.08 bits per heavy atom. The molecule has 1 amide bonds. The maximum Gasteiger partial charge on any atom is 0.257 e. The maximum atomic E-state index is 12.7. The lowest BCUT2D eigenvalue weighted by molar-refractivity contribution is 0.0644. The Morgan fingerprint density at radius 1 is 1.38 bits per heavy atom. The van der Waals surface area contributed by atoms with Crippen LogP contribution >= 0.6 is 0 Å². The van der Waals surface area contributed by atoms with Gasteiger partial charge < -0.3 is 10.0 Å². The third kappa shape index (κ3) is 3.67. The van der Waals surface area contributed by atoms with E-state index in [-0.39, 0.29) is 5.91 Å². The second kappa shape index (κ2) is 7.18. The highest BCUT2D eigenvalue weighted by molar-refractivity contribution is 5.95. The van der Waals surface area contributed by atoms with E-state index < -0.39 is 6.10 Å². The third-order valence-electron chi connectivity index (χ3n) is 4.66. The molecule has 0 saturated heterocycles. The molecule has 5 nitrogen and oxygen atoms in total. The summed E-state index contributed by atoms with van der Waals surface area (Å²) < 4.78 is 1.90. The fourth-order valence-corrected chi connectivity index (χ4v) is 3.05. The van der Waals surface area contributed by atoms with Crippen molar-refractivity contribution in [1.29, 1.82) is 0 Å². The highest BCUT2D eigenvalue weighted by atomic mass is 16.3. The number of amides is 1. The average molecular weight is 327 g/mol. The Bertz CT molecular complexity index is 692. The van der Waals surface area contributed by atoms with Gasteiger partial charge >= 0.3 is 0 Å². The van der Waals surface area contributed by atoms with Gasteiger partial charge in [0.25, 0.3) is 5.91 Å². The molecule has 128 valence electrons. The summed E-state index contributed by atoms with van der Waals surface area (Å²) in [5.74, 6) is 0.303. The fraction of sp³-hybridized carbons (Fsp3) is 0.474. The summed E-state index contributed by atoms with van der Waals surface area (Å²) in [5, 5.41) is 14.5. The topological polar surface area (TPSA) is 58.4 Å². The van der Waals surface area contributed by atoms with Crippen LogP contribution < -0.4 is 0 Å². The van der Waals surface area contributed by atoms with Gasteiger partial charge in [-0.25, -0.2) is 0 Å². The van der Waals surface area contributed by atoms with Crippen LogP contribution in [0.2, 0.25) is 0 Å². The van der Waals surface area contributed by atoms with E-state index in [2.05, 4.69) is 17.2 Å². The minimum absolute atomic E-state index is 0.0640. The normalized spacial score (nSPS) is 15.3. The Kier molecular flexibility index (Phi) is 5.00. The van der Waals surface area contributed by atoms with E-state index in [0.29, 0.717) is 24.6 Å². The Labute approximate surface area is 142 Å². The number of rotatable bonds is 7. The van der Waals surface area contributed by atoms with E-state index in [1.165, 1.54) is 0 Å². The van der Waals surface area contributed by atoms with Crippen LogP contribution in [0.1, 0.15) is 41.4 Å². The first-order chi connectivity index (χ1) is 11.6. The zero-order valence-corrected chi connectivity index (χ0v) is 14.4. The number of hydrogen-bond donors (Lipinski definition) is 1. The Morgan fingerprint density at radius 3 is 2.71 bits per heavy atom. The SMILES string of the molecule is CCc1c(C(=O)N(C)CC(O)C2CC2)cnn1Cc1ccccc1. The van der Waals surface area contributed by atoms with E-state index >= 15 is 0 Å². The van der Waals surface area contributed by atoms with Gasteiger partial charge in [-0.2, -0.15) is 5.10 Å². The molecule has 1 atom stereocenters. The minimum atomic E-state index is -0.414. The molecule has 1 saturated carbocycles. The molecule has 1 N–H and O–H groups in total. The summed E-state index contributed by atoms with van der Waals surface area (Å²) in [5.41, 5.74) is 2.74. The number of carbonyl (C=O) groups excluding carboxylic acids is 1.